The number of sulfonamides is 1. The molecule has 0 aliphatic carbocycles. The molecule has 1 N–H and O–H groups in total. The molecule has 0 spiro atoms. The number of hydrogen-bond donors (Lipinski definition) is 1. The van der Waals surface area contributed by atoms with Crippen LogP contribution >= 0.6 is 22.9 Å². The number of hydrogen-bond acceptors (Lipinski definition) is 6. The van der Waals surface area contributed by atoms with Crippen molar-refractivity contribution < 1.29 is 18.1 Å². The monoisotopic (exact) mass is 429 g/mol. The first-order valence-corrected chi connectivity index (χ1v) is 10.7. The van der Waals surface area contributed by atoms with Gasteiger partial charge in [0.25, 0.3) is 15.7 Å². The number of piperidine rings is 1. The topological polar surface area (TPSA) is 110 Å². The van der Waals surface area contributed by atoms with Gasteiger partial charge >= 0.3 is 0 Å². The van der Waals surface area contributed by atoms with Gasteiger partial charge in [0, 0.05) is 24.4 Å². The number of non-ortho nitro benzene ring substituents is 1. The maximum Gasteiger partial charge on any atom is 0.271 e. The zero-order valence-electron chi connectivity index (χ0n) is 14.0. The van der Waals surface area contributed by atoms with Crippen LogP contribution in [0.5, 0.6) is 0 Å². The molecule has 0 saturated carbocycles. The molecule has 1 amide bonds. The first kappa shape index (κ1) is 19.7. The Hall–Kier alpha value is -2.01. The summed E-state index contributed by atoms with van der Waals surface area (Å²) in [4.78, 5) is 23.0. The molecular weight excluding hydrogens is 414 g/mol. The number of nitrogens with zero attached hydrogens (tertiary/aromatic N) is 2. The Morgan fingerprint density at radius 2 is 2.07 bits per heavy atom. The molecule has 8 nitrogen and oxygen atoms in total. The third-order valence-corrected chi connectivity index (χ3v) is 7.80. The SMILES string of the molecule is O=C(Nc1cccc([N+](=O)[O-])c1)[C@@H]1CCCCN1S(=O)(=O)c1ccc(Cl)s1. The Labute approximate surface area is 165 Å². The van der Waals surface area contributed by atoms with Gasteiger partial charge in [0.2, 0.25) is 5.91 Å². The quantitative estimate of drug-likeness (QED) is 0.577. The average Bonchev–Trinajstić information content (AvgIpc) is 3.09. The highest BCUT2D eigenvalue weighted by Gasteiger charge is 2.38. The van der Waals surface area contributed by atoms with Gasteiger partial charge in [-0.15, -0.1) is 11.3 Å². The highest BCUT2D eigenvalue weighted by molar-refractivity contribution is 7.91. The molecule has 1 aliphatic heterocycles. The second-order valence-corrected chi connectivity index (χ2v) is 9.82. The number of nitro benzene ring substituents is 1. The number of amides is 1. The van der Waals surface area contributed by atoms with Crippen molar-refractivity contribution in [3.8, 4) is 0 Å². The van der Waals surface area contributed by atoms with Crippen molar-refractivity contribution >= 4 is 50.2 Å². The van der Waals surface area contributed by atoms with Crippen molar-refractivity contribution in [2.75, 3.05) is 11.9 Å². The molecule has 0 bridgehead atoms. The van der Waals surface area contributed by atoms with Gasteiger partial charge in [0.1, 0.15) is 10.3 Å². The van der Waals surface area contributed by atoms with Gasteiger partial charge in [0.15, 0.2) is 0 Å². The standard InChI is InChI=1S/C16H16ClN3O5S2/c17-14-7-8-15(26-14)27(24,25)19-9-2-1-6-13(19)16(21)18-11-4-3-5-12(10-11)20(22)23/h3-5,7-8,10,13H,1-2,6,9H2,(H,18,21)/t13-/m0/s1. The number of carbonyl (C=O) groups excluding carboxylic acids is 1. The van der Waals surface area contributed by atoms with Crippen LogP contribution in [-0.2, 0) is 14.8 Å². The Bertz CT molecular complexity index is 976. The predicted molar refractivity (Wildman–Crippen MR) is 103 cm³/mol. The zero-order valence-corrected chi connectivity index (χ0v) is 16.4. The van der Waals surface area contributed by atoms with E-state index in [1.807, 2.05) is 0 Å². The number of anilines is 1. The van der Waals surface area contributed by atoms with E-state index in [2.05, 4.69) is 5.32 Å². The second kappa shape index (κ2) is 7.93. The lowest BCUT2D eigenvalue weighted by Gasteiger charge is -2.33. The van der Waals surface area contributed by atoms with Gasteiger partial charge in [-0.05, 0) is 31.0 Å². The number of halogens is 1. The molecule has 27 heavy (non-hydrogen) atoms. The van der Waals surface area contributed by atoms with Crippen LogP contribution in [0.3, 0.4) is 0 Å². The summed E-state index contributed by atoms with van der Waals surface area (Å²) in [5.74, 6) is -0.513. The zero-order chi connectivity index (χ0) is 19.6. The molecule has 0 radical (unpaired) electrons. The normalized spacial score (nSPS) is 18.2. The first-order chi connectivity index (χ1) is 12.8. The average molecular weight is 430 g/mol. The number of benzene rings is 1. The molecule has 1 fully saturated rings. The van der Waals surface area contributed by atoms with E-state index in [-0.39, 0.29) is 22.1 Å². The van der Waals surface area contributed by atoms with Crippen LogP contribution in [0.2, 0.25) is 4.34 Å². The lowest BCUT2D eigenvalue weighted by molar-refractivity contribution is -0.384. The summed E-state index contributed by atoms with van der Waals surface area (Å²) < 4.78 is 27.5. The molecular formula is C16H16ClN3O5S2. The third-order valence-electron chi connectivity index (χ3n) is 4.19. The van der Waals surface area contributed by atoms with Crippen LogP contribution in [0.15, 0.2) is 40.6 Å². The van der Waals surface area contributed by atoms with Crippen LogP contribution in [0.25, 0.3) is 0 Å². The Morgan fingerprint density at radius 3 is 2.74 bits per heavy atom. The van der Waals surface area contributed by atoms with Gasteiger partial charge in [-0.2, -0.15) is 4.31 Å². The number of nitrogens with one attached hydrogen (secondary N) is 1. The molecule has 2 aromatic rings. The molecule has 144 valence electrons. The first-order valence-electron chi connectivity index (χ1n) is 8.11. The Kier molecular flexibility index (Phi) is 5.80. The maximum atomic E-state index is 12.9. The number of thiophene rings is 1. The highest BCUT2D eigenvalue weighted by atomic mass is 35.5. The Balaban J connectivity index is 1.84. The van der Waals surface area contributed by atoms with Crippen molar-refractivity contribution in [3.63, 3.8) is 0 Å². The van der Waals surface area contributed by atoms with Crippen molar-refractivity contribution in [3.05, 3.63) is 50.8 Å². The molecule has 2 heterocycles. The summed E-state index contributed by atoms with van der Waals surface area (Å²) in [5, 5.41) is 13.5. The van der Waals surface area contributed by atoms with Crippen LogP contribution in [0.4, 0.5) is 11.4 Å². The van der Waals surface area contributed by atoms with E-state index in [1.54, 1.807) is 0 Å². The minimum Gasteiger partial charge on any atom is -0.324 e. The van der Waals surface area contributed by atoms with Crippen LogP contribution in [0, 0.1) is 10.1 Å². The maximum absolute atomic E-state index is 12.9. The smallest absolute Gasteiger partial charge is 0.271 e. The fourth-order valence-electron chi connectivity index (χ4n) is 2.93. The van der Waals surface area contributed by atoms with Gasteiger partial charge in [-0.25, -0.2) is 8.42 Å². The van der Waals surface area contributed by atoms with Crippen molar-refractivity contribution in [2.24, 2.45) is 0 Å². The predicted octanol–water partition coefficient (Wildman–Crippen LogP) is 3.49. The van der Waals surface area contributed by atoms with Gasteiger partial charge in [-0.3, -0.25) is 14.9 Å². The number of carbonyl (C=O) groups is 1. The summed E-state index contributed by atoms with van der Waals surface area (Å²) in [6, 6.07) is 7.56. The molecule has 1 aromatic heterocycles. The minimum atomic E-state index is -3.85. The van der Waals surface area contributed by atoms with Crippen molar-refractivity contribution in [1.82, 2.24) is 4.31 Å². The Morgan fingerprint density at radius 1 is 1.30 bits per heavy atom. The summed E-state index contributed by atoms with van der Waals surface area (Å²) in [7, 11) is -3.85. The fraction of sp³-hybridized carbons (Fsp3) is 0.312. The lowest BCUT2D eigenvalue weighted by atomic mass is 10.0. The fourth-order valence-corrected chi connectivity index (χ4v) is 6.20. The highest BCUT2D eigenvalue weighted by Crippen LogP contribution is 2.32. The second-order valence-electron chi connectivity index (χ2n) is 5.98. The summed E-state index contributed by atoms with van der Waals surface area (Å²) in [5.41, 5.74) is 0.0884. The van der Waals surface area contributed by atoms with Gasteiger partial charge in [0.05, 0.1) is 9.26 Å². The summed E-state index contributed by atoms with van der Waals surface area (Å²) in [6.07, 6.45) is 1.74. The van der Waals surface area contributed by atoms with Gasteiger partial charge in [-0.1, -0.05) is 24.1 Å². The summed E-state index contributed by atoms with van der Waals surface area (Å²) in [6.45, 7) is 0.227. The number of rotatable bonds is 5. The third kappa shape index (κ3) is 4.29. The van der Waals surface area contributed by atoms with Crippen LogP contribution in [-0.4, -0.2) is 36.1 Å². The molecule has 1 saturated heterocycles. The van der Waals surface area contributed by atoms with E-state index >= 15 is 0 Å². The molecule has 0 unspecified atom stereocenters. The minimum absolute atomic E-state index is 0.0857. The van der Waals surface area contributed by atoms with Crippen molar-refractivity contribution in [1.29, 1.82) is 0 Å². The van der Waals surface area contributed by atoms with E-state index in [0.717, 1.165) is 11.3 Å². The molecule has 1 aliphatic rings. The number of nitro groups is 1. The molecule has 1 aromatic carbocycles. The van der Waals surface area contributed by atoms with E-state index in [9.17, 15) is 23.3 Å². The lowest BCUT2D eigenvalue weighted by Crippen LogP contribution is -2.49. The molecule has 11 heteroatoms. The largest absolute Gasteiger partial charge is 0.324 e. The van der Waals surface area contributed by atoms with Crippen molar-refractivity contribution in [2.45, 2.75) is 29.5 Å². The van der Waals surface area contributed by atoms with E-state index in [4.69, 9.17) is 11.6 Å². The van der Waals surface area contributed by atoms with Crippen LogP contribution < -0.4 is 5.32 Å². The summed E-state index contributed by atoms with van der Waals surface area (Å²) >= 11 is 6.79. The van der Waals surface area contributed by atoms with Crippen LogP contribution in [0.1, 0.15) is 19.3 Å². The van der Waals surface area contributed by atoms with Gasteiger partial charge < -0.3 is 5.32 Å². The van der Waals surface area contributed by atoms with E-state index in [1.165, 1.54) is 40.7 Å². The molecule has 1 atom stereocenters. The van der Waals surface area contributed by atoms with E-state index in [0.29, 0.717) is 23.6 Å². The van der Waals surface area contributed by atoms with E-state index < -0.39 is 26.9 Å². The molecule has 3 rings (SSSR count).